The van der Waals surface area contributed by atoms with Crippen LogP contribution in [0.15, 0.2) is 16.9 Å². The summed E-state index contributed by atoms with van der Waals surface area (Å²) in [6, 6.07) is 1.98. The third kappa shape index (κ3) is 3.26. The van der Waals surface area contributed by atoms with Gasteiger partial charge in [0.25, 0.3) is 0 Å². The van der Waals surface area contributed by atoms with Crippen molar-refractivity contribution in [3.8, 4) is 5.69 Å². The van der Waals surface area contributed by atoms with Crippen LogP contribution >= 0.6 is 23.2 Å². The van der Waals surface area contributed by atoms with Gasteiger partial charge in [-0.1, -0.05) is 11.6 Å². The zero-order valence-corrected chi connectivity index (χ0v) is 12.9. The number of primary sulfonamides is 1. The highest BCUT2D eigenvalue weighted by Gasteiger charge is 2.19. The summed E-state index contributed by atoms with van der Waals surface area (Å²) < 4.78 is 38.0. The van der Waals surface area contributed by atoms with E-state index in [1.807, 2.05) is 0 Å². The zero-order valence-electron chi connectivity index (χ0n) is 10.5. The second-order valence-electron chi connectivity index (χ2n) is 4.21. The molecule has 0 amide bonds. The number of nitrogens with zero attached hydrogens (tertiary/aromatic N) is 3. The highest BCUT2D eigenvalue weighted by Crippen LogP contribution is 2.25. The number of aromatic nitrogens is 3. The predicted molar refractivity (Wildman–Crippen MR) is 75.6 cm³/mol. The SMILES string of the molecule is Cn1nc(Cl)n(-c2cc(CS(N)(=O)=O)c(Cl)cc2F)c1=O. The first kappa shape index (κ1) is 16.0. The van der Waals surface area contributed by atoms with Crippen LogP contribution in [0.25, 0.3) is 5.69 Å². The molecule has 0 unspecified atom stereocenters. The summed E-state index contributed by atoms with van der Waals surface area (Å²) in [4.78, 5) is 11.9. The Kier molecular flexibility index (Phi) is 4.11. The first-order valence-corrected chi connectivity index (χ1v) is 7.87. The molecular formula is C10H9Cl2FN4O3S. The molecule has 1 aromatic heterocycles. The molecule has 0 aliphatic carbocycles. The molecule has 2 rings (SSSR count). The van der Waals surface area contributed by atoms with E-state index in [0.29, 0.717) is 0 Å². The van der Waals surface area contributed by atoms with Gasteiger partial charge in [0, 0.05) is 12.1 Å². The average molecular weight is 355 g/mol. The molecule has 1 aromatic carbocycles. The molecule has 0 atom stereocenters. The van der Waals surface area contributed by atoms with Crippen molar-refractivity contribution in [3.05, 3.63) is 44.3 Å². The summed E-state index contributed by atoms with van der Waals surface area (Å²) in [5.74, 6) is -1.46. The van der Waals surface area contributed by atoms with Gasteiger partial charge in [0.05, 0.1) is 11.4 Å². The molecule has 114 valence electrons. The highest BCUT2D eigenvalue weighted by atomic mass is 35.5. The Hall–Kier alpha value is -1.42. The third-order valence-corrected chi connectivity index (χ3v) is 3.91. The number of halogens is 3. The van der Waals surface area contributed by atoms with Crippen LogP contribution in [-0.4, -0.2) is 22.8 Å². The van der Waals surface area contributed by atoms with Crippen molar-refractivity contribution in [2.45, 2.75) is 5.75 Å². The van der Waals surface area contributed by atoms with Crippen molar-refractivity contribution in [1.29, 1.82) is 0 Å². The van der Waals surface area contributed by atoms with Crippen molar-refractivity contribution >= 4 is 33.2 Å². The van der Waals surface area contributed by atoms with Crippen molar-refractivity contribution in [1.82, 2.24) is 14.3 Å². The maximum atomic E-state index is 14.0. The van der Waals surface area contributed by atoms with Gasteiger partial charge in [0.2, 0.25) is 15.3 Å². The van der Waals surface area contributed by atoms with Crippen molar-refractivity contribution in [3.63, 3.8) is 0 Å². The number of aryl methyl sites for hydroxylation is 1. The molecular weight excluding hydrogens is 346 g/mol. The summed E-state index contributed by atoms with van der Waals surface area (Å²) in [7, 11) is -2.54. The second kappa shape index (κ2) is 5.41. The lowest BCUT2D eigenvalue weighted by molar-refractivity contribution is 0.596. The van der Waals surface area contributed by atoms with Gasteiger partial charge in [-0.05, 0) is 29.3 Å². The molecule has 0 aliphatic heterocycles. The summed E-state index contributed by atoms with van der Waals surface area (Å²) in [6.45, 7) is 0. The Bertz CT molecular complexity index is 875. The normalized spacial score (nSPS) is 11.9. The minimum absolute atomic E-state index is 0.0439. The molecule has 2 aromatic rings. The van der Waals surface area contributed by atoms with Crippen LogP contribution in [0.1, 0.15) is 5.56 Å². The van der Waals surface area contributed by atoms with E-state index in [1.54, 1.807) is 0 Å². The highest BCUT2D eigenvalue weighted by molar-refractivity contribution is 7.88. The Labute approximate surface area is 128 Å². The summed E-state index contributed by atoms with van der Waals surface area (Å²) in [6.07, 6.45) is 0. The van der Waals surface area contributed by atoms with E-state index >= 15 is 0 Å². The van der Waals surface area contributed by atoms with Crippen LogP contribution in [-0.2, 0) is 22.8 Å². The molecule has 7 nitrogen and oxygen atoms in total. The van der Waals surface area contributed by atoms with Gasteiger partial charge in [0.15, 0.2) is 0 Å². The molecule has 0 saturated heterocycles. The zero-order chi connectivity index (χ0) is 15.9. The Morgan fingerprint density at radius 1 is 1.38 bits per heavy atom. The first-order valence-electron chi connectivity index (χ1n) is 5.40. The number of nitrogens with two attached hydrogens (primary N) is 1. The second-order valence-corrected chi connectivity index (χ2v) is 6.57. The number of hydrogen-bond donors (Lipinski definition) is 1. The molecule has 21 heavy (non-hydrogen) atoms. The van der Waals surface area contributed by atoms with Gasteiger partial charge in [-0.2, -0.15) is 0 Å². The first-order chi connectivity index (χ1) is 9.60. The molecule has 0 spiro atoms. The number of hydrogen-bond acceptors (Lipinski definition) is 4. The molecule has 11 heteroatoms. The summed E-state index contributed by atoms with van der Waals surface area (Å²) in [5.41, 5.74) is -0.911. The fourth-order valence-corrected chi connectivity index (χ4v) is 2.96. The minimum atomic E-state index is -3.87. The van der Waals surface area contributed by atoms with E-state index < -0.39 is 27.3 Å². The minimum Gasteiger partial charge on any atom is -0.246 e. The van der Waals surface area contributed by atoms with Gasteiger partial charge in [0.1, 0.15) is 5.82 Å². The van der Waals surface area contributed by atoms with E-state index in [2.05, 4.69) is 5.10 Å². The van der Waals surface area contributed by atoms with Gasteiger partial charge >= 0.3 is 5.69 Å². The summed E-state index contributed by atoms with van der Waals surface area (Å²) >= 11 is 11.5. The van der Waals surface area contributed by atoms with Gasteiger partial charge in [-0.3, -0.25) is 0 Å². The maximum absolute atomic E-state index is 14.0. The number of rotatable bonds is 3. The fraction of sp³-hybridized carbons (Fsp3) is 0.200. The van der Waals surface area contributed by atoms with Crippen LogP contribution < -0.4 is 10.8 Å². The van der Waals surface area contributed by atoms with E-state index in [0.717, 1.165) is 21.4 Å². The monoisotopic (exact) mass is 354 g/mol. The quantitative estimate of drug-likeness (QED) is 0.880. The van der Waals surface area contributed by atoms with Gasteiger partial charge < -0.3 is 0 Å². The Balaban J connectivity index is 2.70. The maximum Gasteiger partial charge on any atom is 0.351 e. The Morgan fingerprint density at radius 3 is 2.48 bits per heavy atom. The smallest absolute Gasteiger partial charge is 0.246 e. The van der Waals surface area contributed by atoms with Crippen molar-refractivity contribution in [2.75, 3.05) is 0 Å². The molecule has 1 heterocycles. The van der Waals surface area contributed by atoms with Crippen molar-refractivity contribution in [2.24, 2.45) is 12.2 Å². The molecule has 0 saturated carbocycles. The molecule has 0 bridgehead atoms. The molecule has 0 fully saturated rings. The standard InChI is InChI=1S/C10H9Cl2FN4O3S/c1-16-10(18)17(9(12)15-16)8-2-5(4-21(14,19)20)6(11)3-7(8)13/h2-3H,4H2,1H3,(H2,14,19,20). The van der Waals surface area contributed by atoms with Crippen LogP contribution in [0.5, 0.6) is 0 Å². The van der Waals surface area contributed by atoms with Crippen LogP contribution in [0.4, 0.5) is 4.39 Å². The molecule has 0 radical (unpaired) electrons. The van der Waals surface area contributed by atoms with E-state index in [4.69, 9.17) is 28.3 Å². The summed E-state index contributed by atoms with van der Waals surface area (Å²) in [5, 5.41) is 8.18. The molecule has 0 aliphatic rings. The largest absolute Gasteiger partial charge is 0.351 e. The van der Waals surface area contributed by atoms with E-state index in [9.17, 15) is 17.6 Å². The predicted octanol–water partition coefficient (Wildman–Crippen LogP) is 0.805. The van der Waals surface area contributed by atoms with Gasteiger partial charge in [-0.15, -0.1) is 5.10 Å². The van der Waals surface area contributed by atoms with Crippen LogP contribution in [0.2, 0.25) is 10.3 Å². The van der Waals surface area contributed by atoms with Crippen LogP contribution in [0, 0.1) is 5.82 Å². The van der Waals surface area contributed by atoms with E-state index in [1.165, 1.54) is 7.05 Å². The fourth-order valence-electron chi connectivity index (χ4n) is 1.72. The topological polar surface area (TPSA) is 100.0 Å². The van der Waals surface area contributed by atoms with Gasteiger partial charge in [-0.25, -0.2) is 32.0 Å². The Morgan fingerprint density at radius 2 is 2.00 bits per heavy atom. The van der Waals surface area contributed by atoms with Crippen LogP contribution in [0.3, 0.4) is 0 Å². The lowest BCUT2D eigenvalue weighted by atomic mass is 10.2. The number of sulfonamides is 1. The molecule has 2 N–H and O–H groups in total. The average Bonchev–Trinajstić information content (AvgIpc) is 2.56. The third-order valence-electron chi connectivity index (χ3n) is 2.60. The lowest BCUT2D eigenvalue weighted by Crippen LogP contribution is -2.22. The lowest BCUT2D eigenvalue weighted by Gasteiger charge is -2.09. The van der Waals surface area contributed by atoms with E-state index in [-0.39, 0.29) is 21.6 Å². The van der Waals surface area contributed by atoms with Crippen molar-refractivity contribution < 1.29 is 12.8 Å². The number of benzene rings is 1.